The third-order valence-electron chi connectivity index (χ3n) is 6.07. The lowest BCUT2D eigenvalue weighted by Crippen LogP contribution is -2.50. The standard InChI is InChI=1S/C23H21F7N2O4S/c1-3-37(35,36)17-8-9-18-14(12-17)10-11-32(13(2)33)19(18)20(34)31-16-6-4-15(5-7-16)21(24,22(25,26)27)23(28,29)30/h4-9,12,19H,3,10-11H2,1-2H3,(H,31,34)/t19-/m0/s1. The van der Waals surface area contributed by atoms with Gasteiger partial charge in [-0.05, 0) is 41.8 Å². The second kappa shape index (κ2) is 9.62. The van der Waals surface area contributed by atoms with Gasteiger partial charge in [0.2, 0.25) is 5.91 Å². The molecule has 0 spiro atoms. The first-order valence-electron chi connectivity index (χ1n) is 10.8. The van der Waals surface area contributed by atoms with Gasteiger partial charge in [0, 0.05) is 24.7 Å². The first kappa shape index (κ1) is 28.4. The summed E-state index contributed by atoms with van der Waals surface area (Å²) >= 11 is 0. The van der Waals surface area contributed by atoms with Gasteiger partial charge in [0.05, 0.1) is 10.6 Å². The van der Waals surface area contributed by atoms with Crippen molar-refractivity contribution in [3.8, 4) is 0 Å². The van der Waals surface area contributed by atoms with Gasteiger partial charge < -0.3 is 10.2 Å². The second-order valence-corrected chi connectivity index (χ2v) is 10.6. The molecule has 3 rings (SSSR count). The number of carbonyl (C=O) groups excluding carboxylic acids is 2. The normalized spacial score (nSPS) is 16.8. The van der Waals surface area contributed by atoms with Gasteiger partial charge in [-0.15, -0.1) is 0 Å². The third kappa shape index (κ3) is 5.15. The number of amides is 2. The van der Waals surface area contributed by atoms with Crippen molar-refractivity contribution in [3.63, 3.8) is 0 Å². The number of alkyl halides is 7. The summed E-state index contributed by atoms with van der Waals surface area (Å²) in [5, 5.41) is 2.31. The van der Waals surface area contributed by atoms with Crippen LogP contribution in [0.2, 0.25) is 0 Å². The topological polar surface area (TPSA) is 83.6 Å². The van der Waals surface area contributed by atoms with Gasteiger partial charge in [-0.1, -0.05) is 25.1 Å². The van der Waals surface area contributed by atoms with E-state index in [1.54, 1.807) is 0 Å². The van der Waals surface area contributed by atoms with Crippen molar-refractivity contribution >= 4 is 27.3 Å². The Labute approximate surface area is 207 Å². The SMILES string of the molecule is CCS(=O)(=O)c1ccc2c(c1)CCN(C(C)=O)[C@@H]2C(=O)Nc1ccc(C(F)(C(F)(F)F)C(F)(F)F)cc1. The molecule has 0 aliphatic carbocycles. The van der Waals surface area contributed by atoms with Crippen molar-refractivity contribution in [2.24, 2.45) is 0 Å². The van der Waals surface area contributed by atoms with Gasteiger partial charge >= 0.3 is 18.0 Å². The molecular weight excluding hydrogens is 533 g/mol. The van der Waals surface area contributed by atoms with Crippen LogP contribution in [0.4, 0.5) is 36.4 Å². The Hall–Kier alpha value is -3.16. The van der Waals surface area contributed by atoms with Crippen LogP contribution in [-0.2, 0) is 31.5 Å². The Bertz CT molecular complexity index is 1290. The summed E-state index contributed by atoms with van der Waals surface area (Å²) in [6.07, 6.45) is -12.3. The number of sulfone groups is 1. The Morgan fingerprint density at radius 1 is 0.973 bits per heavy atom. The first-order valence-corrected chi connectivity index (χ1v) is 12.5. The number of halogens is 7. The number of fused-ring (bicyclic) bond motifs is 1. The zero-order valence-corrected chi connectivity index (χ0v) is 20.2. The molecule has 14 heteroatoms. The molecule has 1 N–H and O–H groups in total. The minimum Gasteiger partial charge on any atom is -0.326 e. The Morgan fingerprint density at radius 2 is 1.54 bits per heavy atom. The highest BCUT2D eigenvalue weighted by atomic mass is 32.2. The molecule has 2 aromatic rings. The van der Waals surface area contributed by atoms with E-state index in [0.717, 1.165) is 0 Å². The number of carbonyl (C=O) groups is 2. The highest BCUT2D eigenvalue weighted by molar-refractivity contribution is 7.91. The van der Waals surface area contributed by atoms with E-state index in [-0.39, 0.29) is 41.4 Å². The molecule has 1 atom stereocenters. The molecule has 2 aromatic carbocycles. The number of nitrogens with one attached hydrogen (secondary N) is 1. The number of anilines is 1. The predicted molar refractivity (Wildman–Crippen MR) is 118 cm³/mol. The van der Waals surface area contributed by atoms with E-state index in [2.05, 4.69) is 5.32 Å². The van der Waals surface area contributed by atoms with E-state index in [1.165, 1.54) is 36.9 Å². The van der Waals surface area contributed by atoms with E-state index in [4.69, 9.17) is 0 Å². The molecule has 1 aliphatic heterocycles. The van der Waals surface area contributed by atoms with Gasteiger partial charge in [0.15, 0.2) is 9.84 Å². The van der Waals surface area contributed by atoms with E-state index in [0.29, 0.717) is 23.3 Å². The van der Waals surface area contributed by atoms with Crippen molar-refractivity contribution in [1.29, 1.82) is 0 Å². The van der Waals surface area contributed by atoms with Crippen molar-refractivity contribution in [2.75, 3.05) is 17.6 Å². The van der Waals surface area contributed by atoms with Crippen LogP contribution < -0.4 is 5.32 Å². The number of hydrogen-bond acceptors (Lipinski definition) is 4. The third-order valence-corrected chi connectivity index (χ3v) is 7.80. The quantitative estimate of drug-likeness (QED) is 0.536. The van der Waals surface area contributed by atoms with E-state index < -0.39 is 51.3 Å². The van der Waals surface area contributed by atoms with Crippen molar-refractivity contribution in [2.45, 2.75) is 49.2 Å². The van der Waals surface area contributed by atoms with Gasteiger partial charge in [-0.2, -0.15) is 26.3 Å². The summed E-state index contributed by atoms with van der Waals surface area (Å²) in [6.45, 7) is 2.71. The van der Waals surface area contributed by atoms with Crippen LogP contribution in [-0.4, -0.2) is 49.8 Å². The molecular formula is C23H21F7N2O4S. The Kier molecular flexibility index (Phi) is 7.38. The van der Waals surface area contributed by atoms with Gasteiger partial charge in [-0.3, -0.25) is 9.59 Å². The zero-order chi connectivity index (χ0) is 28.0. The summed E-state index contributed by atoms with van der Waals surface area (Å²) in [4.78, 5) is 26.5. The average molecular weight is 554 g/mol. The molecule has 0 saturated carbocycles. The molecule has 1 heterocycles. The van der Waals surface area contributed by atoms with Crippen LogP contribution >= 0.6 is 0 Å². The summed E-state index contributed by atoms with van der Waals surface area (Å²) in [5.74, 6) is -1.51. The molecule has 0 fully saturated rings. The summed E-state index contributed by atoms with van der Waals surface area (Å²) in [5.41, 5.74) is -6.79. The van der Waals surface area contributed by atoms with Crippen LogP contribution in [0.5, 0.6) is 0 Å². The van der Waals surface area contributed by atoms with Gasteiger partial charge in [-0.25, -0.2) is 12.8 Å². The van der Waals surface area contributed by atoms with Crippen molar-refractivity contribution < 1.29 is 48.7 Å². The van der Waals surface area contributed by atoms with Crippen molar-refractivity contribution in [1.82, 2.24) is 4.90 Å². The molecule has 202 valence electrons. The van der Waals surface area contributed by atoms with E-state index in [9.17, 15) is 48.7 Å². The monoisotopic (exact) mass is 554 g/mol. The van der Waals surface area contributed by atoms with E-state index in [1.807, 2.05) is 0 Å². The van der Waals surface area contributed by atoms with Crippen LogP contribution in [0.25, 0.3) is 0 Å². The molecule has 0 aromatic heterocycles. The number of rotatable bonds is 5. The molecule has 0 radical (unpaired) electrons. The van der Waals surface area contributed by atoms with Gasteiger partial charge in [0.1, 0.15) is 6.04 Å². The van der Waals surface area contributed by atoms with E-state index >= 15 is 0 Å². The van der Waals surface area contributed by atoms with Gasteiger partial charge in [0.25, 0.3) is 5.91 Å². The molecule has 6 nitrogen and oxygen atoms in total. The van der Waals surface area contributed by atoms with Crippen LogP contribution in [0.1, 0.15) is 36.6 Å². The molecule has 0 unspecified atom stereocenters. The van der Waals surface area contributed by atoms with Crippen LogP contribution in [0.3, 0.4) is 0 Å². The number of benzene rings is 2. The molecule has 1 aliphatic rings. The Morgan fingerprint density at radius 3 is 2.03 bits per heavy atom. The fourth-order valence-electron chi connectivity index (χ4n) is 4.07. The maximum Gasteiger partial charge on any atom is 0.435 e. The fraction of sp³-hybridized carbons (Fsp3) is 0.391. The summed E-state index contributed by atoms with van der Waals surface area (Å²) in [6, 6.07) is 4.68. The molecule has 2 amide bonds. The molecule has 37 heavy (non-hydrogen) atoms. The maximum atomic E-state index is 14.2. The van der Waals surface area contributed by atoms with Crippen LogP contribution in [0, 0.1) is 0 Å². The molecule has 0 saturated heterocycles. The molecule has 0 bridgehead atoms. The summed E-state index contributed by atoms with van der Waals surface area (Å²) in [7, 11) is -3.56. The first-order chi connectivity index (χ1) is 16.9. The predicted octanol–water partition coefficient (Wildman–Crippen LogP) is 4.85. The zero-order valence-electron chi connectivity index (χ0n) is 19.4. The highest BCUT2D eigenvalue weighted by Crippen LogP contribution is 2.53. The lowest BCUT2D eigenvalue weighted by molar-refractivity contribution is -0.348. The largest absolute Gasteiger partial charge is 0.435 e. The highest BCUT2D eigenvalue weighted by Gasteiger charge is 2.73. The summed E-state index contributed by atoms with van der Waals surface area (Å²) < 4.78 is 117. The fourth-order valence-corrected chi connectivity index (χ4v) is 5.00. The minimum atomic E-state index is -6.28. The number of nitrogens with zero attached hydrogens (tertiary/aromatic N) is 1. The minimum absolute atomic E-state index is 0.0313. The smallest absolute Gasteiger partial charge is 0.326 e. The van der Waals surface area contributed by atoms with Crippen molar-refractivity contribution in [3.05, 3.63) is 59.2 Å². The maximum absolute atomic E-state index is 14.2. The Balaban J connectivity index is 1.95. The van der Waals surface area contributed by atoms with Crippen LogP contribution in [0.15, 0.2) is 47.4 Å². The lowest BCUT2D eigenvalue weighted by Gasteiger charge is -2.36. The average Bonchev–Trinajstić information content (AvgIpc) is 2.81. The number of hydrogen-bond donors (Lipinski definition) is 1. The second-order valence-electron chi connectivity index (χ2n) is 8.35. The lowest BCUT2D eigenvalue weighted by atomic mass is 9.91.